The predicted molar refractivity (Wildman–Crippen MR) is 70.4 cm³/mol. The van der Waals surface area contributed by atoms with Gasteiger partial charge in [-0.15, -0.1) is 0 Å². The minimum absolute atomic E-state index is 0.0983. The Labute approximate surface area is 111 Å². The predicted octanol–water partition coefficient (Wildman–Crippen LogP) is 2.46. The fourth-order valence-electron chi connectivity index (χ4n) is 2.42. The van der Waals surface area contributed by atoms with Crippen LogP contribution in [-0.2, 0) is 6.54 Å². The molecule has 0 saturated carbocycles. The van der Waals surface area contributed by atoms with E-state index in [9.17, 15) is 9.59 Å². The molecule has 0 aliphatic heterocycles. The average Bonchev–Trinajstić information content (AvgIpc) is 2.87. The molecule has 0 fully saturated rings. The van der Waals surface area contributed by atoms with E-state index in [0.29, 0.717) is 22.5 Å². The molecule has 0 N–H and O–H groups in total. The van der Waals surface area contributed by atoms with Crippen molar-refractivity contribution in [2.75, 3.05) is 0 Å². The third kappa shape index (κ3) is 1.71. The number of hydrogen-bond donors (Lipinski definition) is 0. The van der Waals surface area contributed by atoms with E-state index >= 15 is 0 Å². The van der Waals surface area contributed by atoms with Crippen molar-refractivity contribution in [2.45, 2.75) is 26.3 Å². The van der Waals surface area contributed by atoms with E-state index in [1.807, 2.05) is 0 Å². The lowest BCUT2D eigenvalue weighted by Gasteiger charge is -2.15. The fraction of sp³-hybridized carbons (Fsp3) is 0.267. The van der Waals surface area contributed by atoms with E-state index in [0.717, 1.165) is 19.4 Å². The molecule has 0 spiro atoms. The van der Waals surface area contributed by atoms with Crippen molar-refractivity contribution in [3.05, 3.63) is 53.1 Å². The lowest BCUT2D eigenvalue weighted by Crippen LogP contribution is -2.23. The SMILES string of the molecule is CCCCn1cnc2c1C(=O)c1ccccc1C2=O. The van der Waals surface area contributed by atoms with Gasteiger partial charge in [0.05, 0.1) is 6.33 Å². The summed E-state index contributed by atoms with van der Waals surface area (Å²) >= 11 is 0. The Morgan fingerprint density at radius 2 is 1.79 bits per heavy atom. The second-order valence-corrected chi connectivity index (χ2v) is 4.69. The van der Waals surface area contributed by atoms with Gasteiger partial charge in [0.2, 0.25) is 11.6 Å². The quantitative estimate of drug-likeness (QED) is 0.721. The van der Waals surface area contributed by atoms with Crippen LogP contribution in [0.5, 0.6) is 0 Å². The van der Waals surface area contributed by atoms with Crippen LogP contribution in [0.3, 0.4) is 0 Å². The van der Waals surface area contributed by atoms with Crippen LogP contribution in [0.1, 0.15) is 51.9 Å². The largest absolute Gasteiger partial charge is 0.327 e. The Morgan fingerprint density at radius 3 is 2.47 bits per heavy atom. The van der Waals surface area contributed by atoms with E-state index in [1.165, 1.54) is 0 Å². The number of rotatable bonds is 3. The molecular weight excluding hydrogens is 240 g/mol. The Balaban J connectivity index is 2.12. The number of aromatic nitrogens is 2. The molecule has 4 heteroatoms. The van der Waals surface area contributed by atoms with Crippen molar-refractivity contribution in [1.82, 2.24) is 9.55 Å². The van der Waals surface area contributed by atoms with Crippen molar-refractivity contribution >= 4 is 11.6 Å². The summed E-state index contributed by atoms with van der Waals surface area (Å²) in [6, 6.07) is 6.93. The number of benzene rings is 1. The van der Waals surface area contributed by atoms with Crippen LogP contribution >= 0.6 is 0 Å². The molecule has 96 valence electrons. The second-order valence-electron chi connectivity index (χ2n) is 4.69. The van der Waals surface area contributed by atoms with Crippen LogP contribution < -0.4 is 0 Å². The van der Waals surface area contributed by atoms with Gasteiger partial charge in [0.15, 0.2) is 0 Å². The molecule has 0 saturated heterocycles. The highest BCUT2D eigenvalue weighted by Crippen LogP contribution is 2.26. The monoisotopic (exact) mass is 254 g/mol. The molecule has 1 aromatic carbocycles. The van der Waals surface area contributed by atoms with Crippen LogP contribution in [0.25, 0.3) is 0 Å². The topological polar surface area (TPSA) is 52.0 Å². The molecule has 1 aliphatic rings. The molecule has 0 amide bonds. The molecule has 3 rings (SSSR count). The molecule has 0 atom stereocenters. The molecule has 1 aliphatic carbocycles. The highest BCUT2D eigenvalue weighted by molar-refractivity contribution is 6.27. The van der Waals surface area contributed by atoms with Crippen molar-refractivity contribution in [1.29, 1.82) is 0 Å². The van der Waals surface area contributed by atoms with E-state index in [4.69, 9.17) is 0 Å². The van der Waals surface area contributed by atoms with Crippen molar-refractivity contribution in [3.8, 4) is 0 Å². The number of fused-ring (bicyclic) bond motifs is 2. The zero-order valence-corrected chi connectivity index (χ0v) is 10.7. The number of nitrogens with zero attached hydrogens (tertiary/aromatic N) is 2. The minimum atomic E-state index is -0.152. The lowest BCUT2D eigenvalue weighted by atomic mass is 9.90. The Bertz CT molecular complexity index is 671. The smallest absolute Gasteiger partial charge is 0.214 e. The highest BCUT2D eigenvalue weighted by Gasteiger charge is 2.33. The van der Waals surface area contributed by atoms with Gasteiger partial charge < -0.3 is 4.57 Å². The first-order chi connectivity index (χ1) is 9.24. The van der Waals surface area contributed by atoms with E-state index in [2.05, 4.69) is 11.9 Å². The Kier molecular flexibility index (Phi) is 2.78. The van der Waals surface area contributed by atoms with Crippen LogP contribution in [0.15, 0.2) is 30.6 Å². The van der Waals surface area contributed by atoms with E-state index in [-0.39, 0.29) is 11.6 Å². The summed E-state index contributed by atoms with van der Waals surface area (Å²) in [5, 5.41) is 0. The van der Waals surface area contributed by atoms with E-state index in [1.54, 1.807) is 35.2 Å². The summed E-state index contributed by atoms with van der Waals surface area (Å²) in [7, 11) is 0. The van der Waals surface area contributed by atoms with Gasteiger partial charge in [0, 0.05) is 17.7 Å². The van der Waals surface area contributed by atoms with Gasteiger partial charge in [-0.1, -0.05) is 37.6 Å². The molecule has 1 aromatic heterocycles. The molecule has 0 radical (unpaired) electrons. The first-order valence-electron chi connectivity index (χ1n) is 6.47. The van der Waals surface area contributed by atoms with Crippen LogP contribution in [-0.4, -0.2) is 21.1 Å². The third-order valence-electron chi connectivity index (χ3n) is 3.44. The molecule has 0 unspecified atom stereocenters. The van der Waals surface area contributed by atoms with Gasteiger partial charge in [-0.2, -0.15) is 0 Å². The zero-order chi connectivity index (χ0) is 13.4. The Hall–Kier alpha value is -2.23. The Morgan fingerprint density at radius 1 is 1.11 bits per heavy atom. The molecular formula is C15H14N2O2. The maximum Gasteiger partial charge on any atom is 0.214 e. The first-order valence-corrected chi connectivity index (χ1v) is 6.47. The molecule has 1 heterocycles. The standard InChI is InChI=1S/C15H14N2O2/c1-2-3-8-17-9-16-12-13(17)15(19)11-7-5-4-6-10(11)14(12)18/h4-7,9H,2-3,8H2,1H3. The number of carbonyl (C=O) groups is 2. The summed E-state index contributed by atoms with van der Waals surface area (Å²) in [6.45, 7) is 2.81. The van der Waals surface area contributed by atoms with Crippen LogP contribution in [0, 0.1) is 0 Å². The van der Waals surface area contributed by atoms with E-state index < -0.39 is 0 Å². The average molecular weight is 254 g/mol. The maximum absolute atomic E-state index is 12.5. The number of imidazole rings is 1. The number of aryl methyl sites for hydroxylation is 1. The molecule has 2 aromatic rings. The summed E-state index contributed by atoms with van der Waals surface area (Å²) in [4.78, 5) is 28.9. The lowest BCUT2D eigenvalue weighted by molar-refractivity contribution is 0.0971. The van der Waals surface area contributed by atoms with Crippen molar-refractivity contribution in [3.63, 3.8) is 0 Å². The van der Waals surface area contributed by atoms with Gasteiger partial charge in [0.25, 0.3) is 0 Å². The minimum Gasteiger partial charge on any atom is -0.327 e. The van der Waals surface area contributed by atoms with Crippen molar-refractivity contribution in [2.24, 2.45) is 0 Å². The first kappa shape index (κ1) is 11.8. The summed E-state index contributed by atoms with van der Waals surface area (Å²) in [5.74, 6) is -0.251. The summed E-state index contributed by atoms with van der Waals surface area (Å²) < 4.78 is 1.80. The zero-order valence-electron chi connectivity index (χ0n) is 10.7. The van der Waals surface area contributed by atoms with Gasteiger partial charge >= 0.3 is 0 Å². The maximum atomic E-state index is 12.5. The number of unbranched alkanes of at least 4 members (excludes halogenated alkanes) is 1. The molecule has 4 nitrogen and oxygen atoms in total. The van der Waals surface area contributed by atoms with Gasteiger partial charge in [-0.05, 0) is 6.42 Å². The second kappa shape index (κ2) is 4.46. The third-order valence-corrected chi connectivity index (χ3v) is 3.44. The fourth-order valence-corrected chi connectivity index (χ4v) is 2.42. The van der Waals surface area contributed by atoms with Gasteiger partial charge in [-0.3, -0.25) is 9.59 Å². The van der Waals surface area contributed by atoms with Crippen LogP contribution in [0.2, 0.25) is 0 Å². The summed E-state index contributed by atoms with van der Waals surface area (Å²) in [6.07, 6.45) is 3.60. The van der Waals surface area contributed by atoms with Crippen molar-refractivity contribution < 1.29 is 9.59 Å². The molecule has 0 bridgehead atoms. The number of carbonyl (C=O) groups excluding carboxylic acids is 2. The normalized spacial score (nSPS) is 13.3. The van der Waals surface area contributed by atoms with Crippen LogP contribution in [0.4, 0.5) is 0 Å². The highest BCUT2D eigenvalue weighted by atomic mass is 16.1. The van der Waals surface area contributed by atoms with Gasteiger partial charge in [-0.25, -0.2) is 4.98 Å². The number of hydrogen-bond acceptors (Lipinski definition) is 3. The number of ketones is 2. The van der Waals surface area contributed by atoms with Gasteiger partial charge in [0.1, 0.15) is 11.4 Å². The summed E-state index contributed by atoms with van der Waals surface area (Å²) in [5.41, 5.74) is 1.68. The molecule has 19 heavy (non-hydrogen) atoms.